The Balaban J connectivity index is 1.69. The summed E-state index contributed by atoms with van der Waals surface area (Å²) >= 11 is 0. The number of pyridine rings is 1. The van der Waals surface area contributed by atoms with Gasteiger partial charge >= 0.3 is 0 Å². The van der Waals surface area contributed by atoms with Crippen LogP contribution in [-0.2, 0) is 11.3 Å². The summed E-state index contributed by atoms with van der Waals surface area (Å²) in [7, 11) is 0. The highest BCUT2D eigenvalue weighted by atomic mass is 19.3. The molecule has 0 atom stereocenters. The van der Waals surface area contributed by atoms with Crippen LogP contribution in [0, 0.1) is 6.92 Å². The van der Waals surface area contributed by atoms with Crippen LogP contribution in [0.4, 0.5) is 8.78 Å². The summed E-state index contributed by atoms with van der Waals surface area (Å²) in [6.07, 6.45) is 3.74. The van der Waals surface area contributed by atoms with E-state index < -0.39 is 6.43 Å². The number of aryl methyl sites for hydroxylation is 1. The van der Waals surface area contributed by atoms with Gasteiger partial charge in [-0.25, -0.2) is 18.4 Å². The van der Waals surface area contributed by atoms with Crippen molar-refractivity contribution < 1.29 is 13.6 Å². The van der Waals surface area contributed by atoms with Gasteiger partial charge in [0.1, 0.15) is 6.54 Å². The fourth-order valence-corrected chi connectivity index (χ4v) is 3.83. The number of nitrogens with zero attached hydrogens (tertiary/aromatic N) is 4. The number of amides is 1. The molecular formula is C19H24F2N4O. The lowest BCUT2D eigenvalue weighted by Crippen LogP contribution is -2.34. The van der Waals surface area contributed by atoms with Crippen molar-refractivity contribution in [1.29, 1.82) is 0 Å². The topological polar surface area (TPSA) is 51.0 Å². The van der Waals surface area contributed by atoms with E-state index in [1.807, 2.05) is 4.90 Å². The fraction of sp³-hybridized carbons (Fsp3) is 0.632. The lowest BCUT2D eigenvalue weighted by Gasteiger charge is -2.20. The molecule has 5 nitrogen and oxygen atoms in total. The molecule has 0 spiro atoms. The van der Waals surface area contributed by atoms with Gasteiger partial charge in [-0.1, -0.05) is 12.8 Å². The van der Waals surface area contributed by atoms with Crippen molar-refractivity contribution in [3.63, 3.8) is 0 Å². The lowest BCUT2D eigenvalue weighted by molar-refractivity contribution is -0.131. The molecule has 1 saturated heterocycles. The van der Waals surface area contributed by atoms with Crippen LogP contribution in [0.3, 0.4) is 0 Å². The zero-order chi connectivity index (χ0) is 18.3. The number of hydrogen-bond acceptors (Lipinski definition) is 3. The van der Waals surface area contributed by atoms with Crippen LogP contribution in [0.15, 0.2) is 6.07 Å². The van der Waals surface area contributed by atoms with E-state index in [4.69, 9.17) is 0 Å². The number of aromatic nitrogens is 3. The molecule has 1 aliphatic heterocycles. The summed E-state index contributed by atoms with van der Waals surface area (Å²) in [6, 6.07) is 1.53. The Bertz CT molecular complexity index is 821. The minimum atomic E-state index is -2.57. The summed E-state index contributed by atoms with van der Waals surface area (Å²) in [5, 5.41) is 4.78. The van der Waals surface area contributed by atoms with E-state index in [0.717, 1.165) is 51.6 Å². The maximum atomic E-state index is 13.6. The highest BCUT2D eigenvalue weighted by molar-refractivity contribution is 5.85. The van der Waals surface area contributed by atoms with Gasteiger partial charge in [-0.05, 0) is 38.7 Å². The molecule has 2 fully saturated rings. The monoisotopic (exact) mass is 362 g/mol. The van der Waals surface area contributed by atoms with Gasteiger partial charge in [0.15, 0.2) is 5.65 Å². The molecule has 3 heterocycles. The van der Waals surface area contributed by atoms with Crippen LogP contribution in [0.5, 0.6) is 0 Å². The van der Waals surface area contributed by atoms with E-state index in [9.17, 15) is 13.6 Å². The molecule has 0 radical (unpaired) electrons. The highest BCUT2D eigenvalue weighted by Crippen LogP contribution is 2.41. The number of fused-ring (bicyclic) bond motifs is 1. The molecule has 26 heavy (non-hydrogen) atoms. The minimum absolute atomic E-state index is 0.00600. The molecular weight excluding hydrogens is 338 g/mol. The molecule has 0 bridgehead atoms. The van der Waals surface area contributed by atoms with Crippen LogP contribution in [0.2, 0.25) is 0 Å². The molecule has 0 N–H and O–H groups in total. The van der Waals surface area contributed by atoms with E-state index in [-0.39, 0.29) is 23.9 Å². The molecule has 4 rings (SSSR count). The zero-order valence-corrected chi connectivity index (χ0v) is 15.0. The van der Waals surface area contributed by atoms with Gasteiger partial charge in [0, 0.05) is 30.3 Å². The molecule has 7 heteroatoms. The van der Waals surface area contributed by atoms with E-state index in [0.29, 0.717) is 22.4 Å². The fourth-order valence-electron chi connectivity index (χ4n) is 3.83. The maximum absolute atomic E-state index is 13.6. The number of rotatable bonds is 4. The Morgan fingerprint density at radius 2 is 1.92 bits per heavy atom. The third kappa shape index (κ3) is 3.31. The molecule has 140 valence electrons. The van der Waals surface area contributed by atoms with Gasteiger partial charge in [0.2, 0.25) is 5.91 Å². The van der Waals surface area contributed by atoms with Crippen molar-refractivity contribution in [1.82, 2.24) is 19.7 Å². The van der Waals surface area contributed by atoms with Crippen LogP contribution in [0.1, 0.15) is 67.8 Å². The number of carbonyl (C=O) groups excluding carboxylic acids is 1. The van der Waals surface area contributed by atoms with Crippen molar-refractivity contribution in [3.05, 3.63) is 23.0 Å². The summed E-state index contributed by atoms with van der Waals surface area (Å²) in [5.74, 6) is 0.260. The third-order valence-electron chi connectivity index (χ3n) is 5.40. The number of alkyl halides is 2. The van der Waals surface area contributed by atoms with Gasteiger partial charge in [-0.2, -0.15) is 5.10 Å². The van der Waals surface area contributed by atoms with Gasteiger partial charge in [-0.15, -0.1) is 0 Å². The van der Waals surface area contributed by atoms with Crippen LogP contribution in [0.25, 0.3) is 11.0 Å². The van der Waals surface area contributed by atoms with Gasteiger partial charge in [-0.3, -0.25) is 4.79 Å². The quantitative estimate of drug-likeness (QED) is 0.827. The first-order chi connectivity index (χ1) is 12.5. The Kier molecular flexibility index (Phi) is 4.63. The largest absolute Gasteiger partial charge is 0.341 e. The zero-order valence-electron chi connectivity index (χ0n) is 15.0. The van der Waals surface area contributed by atoms with Crippen molar-refractivity contribution in [2.24, 2.45) is 0 Å². The second-order valence-electron chi connectivity index (χ2n) is 7.45. The first kappa shape index (κ1) is 17.4. The Morgan fingerprint density at radius 3 is 2.54 bits per heavy atom. The third-order valence-corrected chi connectivity index (χ3v) is 5.40. The van der Waals surface area contributed by atoms with Crippen molar-refractivity contribution >= 4 is 16.9 Å². The second kappa shape index (κ2) is 6.93. The van der Waals surface area contributed by atoms with Crippen LogP contribution < -0.4 is 0 Å². The van der Waals surface area contributed by atoms with Gasteiger partial charge < -0.3 is 4.90 Å². The van der Waals surface area contributed by atoms with Gasteiger partial charge in [0.25, 0.3) is 6.43 Å². The van der Waals surface area contributed by atoms with Crippen molar-refractivity contribution in [2.75, 3.05) is 13.1 Å². The van der Waals surface area contributed by atoms with Crippen molar-refractivity contribution in [2.45, 2.75) is 64.3 Å². The van der Waals surface area contributed by atoms with Gasteiger partial charge in [0.05, 0.1) is 11.1 Å². The number of hydrogen-bond donors (Lipinski definition) is 0. The highest BCUT2D eigenvalue weighted by Gasteiger charge is 2.29. The Hall–Kier alpha value is -2.05. The average Bonchev–Trinajstić information content (AvgIpc) is 3.43. The van der Waals surface area contributed by atoms with Crippen molar-refractivity contribution in [3.8, 4) is 0 Å². The second-order valence-corrected chi connectivity index (χ2v) is 7.45. The normalized spacial score (nSPS) is 18.5. The van der Waals surface area contributed by atoms with E-state index in [1.54, 1.807) is 6.92 Å². The average molecular weight is 362 g/mol. The molecule has 2 aromatic heterocycles. The molecule has 0 aromatic carbocycles. The lowest BCUT2D eigenvalue weighted by atomic mass is 10.1. The summed E-state index contributed by atoms with van der Waals surface area (Å²) < 4.78 is 28.7. The maximum Gasteiger partial charge on any atom is 0.264 e. The van der Waals surface area contributed by atoms with E-state index in [2.05, 4.69) is 10.1 Å². The standard InChI is InChI=1S/C19H24F2N4O/c1-12-17-14(18(20)21)10-15(13-6-7-13)22-19(17)25(23-12)11-16(26)24-8-4-2-3-5-9-24/h10,13,18H,2-9,11H2,1H3. The van der Waals surface area contributed by atoms with E-state index in [1.165, 1.54) is 10.7 Å². The molecule has 1 saturated carbocycles. The first-order valence-corrected chi connectivity index (χ1v) is 9.48. The predicted octanol–water partition coefficient (Wildman–Crippen LogP) is 3.96. The molecule has 1 aliphatic carbocycles. The SMILES string of the molecule is Cc1nn(CC(=O)N2CCCCCC2)c2nc(C3CC3)cc(C(F)F)c12. The first-order valence-electron chi connectivity index (χ1n) is 9.48. The molecule has 0 unspecified atom stereocenters. The number of halogens is 2. The summed E-state index contributed by atoms with van der Waals surface area (Å²) in [5.41, 5.74) is 1.62. The molecule has 2 aromatic rings. The van der Waals surface area contributed by atoms with Crippen LogP contribution in [-0.4, -0.2) is 38.7 Å². The Morgan fingerprint density at radius 1 is 1.23 bits per heavy atom. The predicted molar refractivity (Wildman–Crippen MR) is 94.2 cm³/mol. The summed E-state index contributed by atoms with van der Waals surface area (Å²) in [4.78, 5) is 19.2. The molecule has 1 amide bonds. The van der Waals surface area contributed by atoms with Crippen LogP contribution >= 0.6 is 0 Å². The molecule has 2 aliphatic rings. The smallest absolute Gasteiger partial charge is 0.264 e. The minimum Gasteiger partial charge on any atom is -0.341 e. The Labute approximate surface area is 151 Å². The number of carbonyl (C=O) groups is 1. The van der Waals surface area contributed by atoms with E-state index >= 15 is 0 Å². The number of likely N-dealkylation sites (tertiary alicyclic amines) is 1. The summed E-state index contributed by atoms with van der Waals surface area (Å²) in [6.45, 7) is 3.30.